The van der Waals surface area contributed by atoms with Crippen LogP contribution in [0.5, 0.6) is 0 Å². The maximum absolute atomic E-state index is 14.9. The second-order valence-electron chi connectivity index (χ2n) is 34.4. The maximum Gasteiger partial charge on any atom is 0.310 e. The number of unbranched alkanes of at least 4 members (excludes halogenated alkanes) is 52. The molecule has 2 aliphatic heterocycles. The minimum atomic E-state index is -1.92. The molecule has 10 unspecified atom stereocenters. The minimum Gasteiger partial charge on any atom is -0.462 e. The van der Waals surface area contributed by atoms with Crippen molar-refractivity contribution in [1.82, 2.24) is 10.6 Å². The average Bonchev–Trinajstić information content (AvgIpc) is 1.03. The van der Waals surface area contributed by atoms with Crippen LogP contribution in [0.1, 0.15) is 472 Å². The molecule has 0 aliphatic carbocycles. The molecule has 21 nitrogen and oxygen atoms in total. The molecule has 6 N–H and O–H groups in total. The number of hydrogen-bond donors (Lipinski definition) is 6. The predicted molar refractivity (Wildman–Crippen MR) is 462 cm³/mol. The van der Waals surface area contributed by atoms with Crippen LogP contribution in [0.15, 0.2) is 0 Å². The summed E-state index contributed by atoms with van der Waals surface area (Å²) < 4.78 is 48.9. The SMILES string of the molecule is CCCCCCCCCCCCCCCC(=O)O[C@H](CCCCCCCCC)CC(=O)NC1C(O)OC(COC2OC(CO)C(OC=O)C(OC(=O)C[C@@H](CCCCCCCCCCC)OC(=O)CCCCCCCCCCCCC)C2NC(=O)C[C@@H](CCCCCCCCCCC)OC(=O)CCCCCCCCCCC)C(O)C1O. The van der Waals surface area contributed by atoms with Gasteiger partial charge in [0.15, 0.2) is 24.8 Å². The summed E-state index contributed by atoms with van der Waals surface area (Å²) in [5.41, 5.74) is 0. The van der Waals surface area contributed by atoms with E-state index in [-0.39, 0.29) is 44.5 Å². The quantitative estimate of drug-likeness (QED) is 0.0143. The van der Waals surface area contributed by atoms with Gasteiger partial charge in [-0.15, -0.1) is 0 Å². The number of hydrogen-bond acceptors (Lipinski definition) is 19. The molecule has 0 spiro atoms. The van der Waals surface area contributed by atoms with E-state index < -0.39 is 129 Å². The standard InChI is InChI=1S/C95H176N2O19/c1-7-13-19-25-31-36-38-39-41-46-52-57-63-68-84(102)111-77(65-59-53-47-30-24-18-12-6)71-82(100)96-88-91(107)90(106)81(114-94(88)108)75-109-95-89(97-83(101)72-78(66-60-54-48-42-33-27-21-15-9-3)112-85(103)69-62-56-50-44-35-29-23-17-11-5)93(92(110-76-99)80(74-98)115-95)116-87(105)73-79(67-61-55-49-43-34-28-22-16-10-4)113-86(104)70-64-58-51-45-40-37-32-26-20-14-8-2/h76-81,88-95,98,106-108H,7-75H2,1-6H3,(H,96,100)(H,97,101)/t77-,78-,79-,80?,81?,88?,89?,90?,91?,92?,93?,94?,95?/m1/s1. The van der Waals surface area contributed by atoms with Crippen LogP contribution in [0.4, 0.5) is 0 Å². The molecule has 2 aliphatic rings. The van der Waals surface area contributed by atoms with E-state index in [1.165, 1.54) is 161 Å². The maximum atomic E-state index is 14.9. The first-order valence-electron chi connectivity index (χ1n) is 48.6. The van der Waals surface area contributed by atoms with Crippen LogP contribution in [0.3, 0.4) is 0 Å². The van der Waals surface area contributed by atoms with Crippen molar-refractivity contribution >= 4 is 42.2 Å². The Hall–Kier alpha value is -3.99. The number of ether oxygens (including phenoxy) is 8. The zero-order valence-corrected chi connectivity index (χ0v) is 74.8. The van der Waals surface area contributed by atoms with Crippen molar-refractivity contribution in [3.05, 3.63) is 0 Å². The monoisotopic (exact) mass is 1650 g/mol. The normalized spacial score (nSPS) is 20.2. The van der Waals surface area contributed by atoms with E-state index in [2.05, 4.69) is 52.2 Å². The second kappa shape index (κ2) is 75.9. The van der Waals surface area contributed by atoms with Crippen molar-refractivity contribution in [1.29, 1.82) is 0 Å². The van der Waals surface area contributed by atoms with Gasteiger partial charge in [0.05, 0.1) is 32.5 Å². The van der Waals surface area contributed by atoms with E-state index in [9.17, 15) is 54.0 Å². The lowest BCUT2D eigenvalue weighted by Crippen LogP contribution is -2.67. The van der Waals surface area contributed by atoms with Gasteiger partial charge in [-0.3, -0.25) is 33.6 Å². The van der Waals surface area contributed by atoms with E-state index in [1.54, 1.807) is 0 Å². The van der Waals surface area contributed by atoms with Crippen molar-refractivity contribution in [3.63, 3.8) is 0 Å². The van der Waals surface area contributed by atoms with Gasteiger partial charge in [-0.25, -0.2) is 0 Å². The Bertz CT molecular complexity index is 2350. The van der Waals surface area contributed by atoms with Crippen molar-refractivity contribution in [2.45, 2.75) is 551 Å². The summed E-state index contributed by atoms with van der Waals surface area (Å²) in [6.07, 6.45) is 47.8. The Kier molecular flexibility index (Phi) is 70.8. The molecule has 0 aromatic heterocycles. The van der Waals surface area contributed by atoms with Crippen molar-refractivity contribution < 1.29 is 91.9 Å². The highest BCUT2D eigenvalue weighted by atomic mass is 16.7. The molecule has 2 fully saturated rings. The van der Waals surface area contributed by atoms with Gasteiger partial charge < -0.3 is 69.0 Å². The first-order valence-corrected chi connectivity index (χ1v) is 48.6. The molecule has 680 valence electrons. The molecule has 116 heavy (non-hydrogen) atoms. The third-order valence-electron chi connectivity index (χ3n) is 23.6. The zero-order valence-electron chi connectivity index (χ0n) is 74.8. The summed E-state index contributed by atoms with van der Waals surface area (Å²) in [4.78, 5) is 97.0. The molecule has 0 bridgehead atoms. The molecule has 2 rings (SSSR count). The molecule has 0 aromatic carbocycles. The van der Waals surface area contributed by atoms with Crippen LogP contribution in [-0.4, -0.2) is 155 Å². The molecule has 0 aromatic rings. The number of rotatable bonds is 82. The highest BCUT2D eigenvalue weighted by Crippen LogP contribution is 2.31. The first kappa shape index (κ1) is 108. The Balaban J connectivity index is 2.50. The Labute approximate surface area is 705 Å². The summed E-state index contributed by atoms with van der Waals surface area (Å²) in [5.74, 6) is -3.43. The van der Waals surface area contributed by atoms with Crippen molar-refractivity contribution in [2.24, 2.45) is 0 Å². The average molecular weight is 1650 g/mol. The lowest BCUT2D eigenvalue weighted by Gasteiger charge is -2.46. The number of nitrogens with one attached hydrogen (secondary N) is 2. The highest BCUT2D eigenvalue weighted by molar-refractivity contribution is 5.79. The Morgan fingerprint density at radius 3 is 0.922 bits per heavy atom. The van der Waals surface area contributed by atoms with Crippen LogP contribution in [0, 0.1) is 0 Å². The number of carbonyl (C=O) groups excluding carboxylic acids is 7. The van der Waals surface area contributed by atoms with Gasteiger partial charge >= 0.3 is 23.9 Å². The highest BCUT2D eigenvalue weighted by Gasteiger charge is 2.52. The molecular weight excluding hydrogens is 1470 g/mol. The van der Waals surface area contributed by atoms with Crippen LogP contribution >= 0.6 is 0 Å². The fourth-order valence-corrected chi connectivity index (χ4v) is 16.3. The van der Waals surface area contributed by atoms with Gasteiger partial charge in [-0.1, -0.05) is 375 Å². The molecule has 13 atom stereocenters. The van der Waals surface area contributed by atoms with E-state index in [4.69, 9.17) is 37.9 Å². The summed E-state index contributed by atoms with van der Waals surface area (Å²) in [5, 5.41) is 51.8. The molecule has 2 saturated heterocycles. The van der Waals surface area contributed by atoms with E-state index in [0.29, 0.717) is 51.4 Å². The topological polar surface area (TPSA) is 298 Å². The van der Waals surface area contributed by atoms with E-state index in [0.717, 1.165) is 180 Å². The van der Waals surface area contributed by atoms with E-state index >= 15 is 0 Å². The third kappa shape index (κ3) is 56.6. The summed E-state index contributed by atoms with van der Waals surface area (Å²) in [6, 6.07) is -3.11. The molecule has 0 saturated carbocycles. The van der Waals surface area contributed by atoms with Gasteiger partial charge in [-0.05, 0) is 57.8 Å². The zero-order chi connectivity index (χ0) is 84.5. The Morgan fingerprint density at radius 1 is 0.336 bits per heavy atom. The minimum absolute atomic E-state index is 0.115. The Morgan fingerprint density at radius 2 is 0.621 bits per heavy atom. The number of esters is 4. The molecule has 0 radical (unpaired) electrons. The number of carbonyl (C=O) groups is 7. The van der Waals surface area contributed by atoms with Gasteiger partial charge in [0, 0.05) is 19.3 Å². The van der Waals surface area contributed by atoms with Crippen LogP contribution < -0.4 is 10.6 Å². The fourth-order valence-electron chi connectivity index (χ4n) is 16.3. The second-order valence-corrected chi connectivity index (χ2v) is 34.4. The molecule has 2 heterocycles. The molecule has 2 amide bonds. The van der Waals surface area contributed by atoms with Crippen molar-refractivity contribution in [2.75, 3.05) is 13.2 Å². The smallest absolute Gasteiger partial charge is 0.310 e. The fraction of sp³-hybridized carbons (Fsp3) is 0.926. The largest absolute Gasteiger partial charge is 0.462 e. The first-order chi connectivity index (χ1) is 56.6. The van der Waals surface area contributed by atoms with Gasteiger partial charge in [-0.2, -0.15) is 0 Å². The number of aliphatic hydroxyl groups is 4. The summed E-state index contributed by atoms with van der Waals surface area (Å²) in [7, 11) is 0. The number of amides is 2. The predicted octanol–water partition coefficient (Wildman–Crippen LogP) is 21.6. The summed E-state index contributed by atoms with van der Waals surface area (Å²) >= 11 is 0. The van der Waals surface area contributed by atoms with Gasteiger partial charge in [0.1, 0.15) is 54.8 Å². The van der Waals surface area contributed by atoms with Crippen molar-refractivity contribution in [3.8, 4) is 0 Å². The lowest BCUT2D eigenvalue weighted by molar-refractivity contribution is -0.299. The molecular formula is C95H176N2O19. The van der Waals surface area contributed by atoms with Crippen LogP contribution in [0.2, 0.25) is 0 Å². The van der Waals surface area contributed by atoms with Crippen LogP contribution in [0.25, 0.3) is 0 Å². The molecule has 21 heteroatoms. The van der Waals surface area contributed by atoms with Gasteiger partial charge in [0.25, 0.3) is 6.47 Å². The summed E-state index contributed by atoms with van der Waals surface area (Å²) in [6.45, 7) is 11.8. The number of aliphatic hydroxyl groups excluding tert-OH is 4. The lowest BCUT2D eigenvalue weighted by atomic mass is 9.95. The van der Waals surface area contributed by atoms with Gasteiger partial charge in [0.2, 0.25) is 11.8 Å². The van der Waals surface area contributed by atoms with Crippen LogP contribution in [-0.2, 0) is 71.5 Å². The van der Waals surface area contributed by atoms with E-state index in [1.807, 2.05) is 0 Å². The third-order valence-corrected chi connectivity index (χ3v) is 23.6.